The van der Waals surface area contributed by atoms with Crippen molar-refractivity contribution in [2.24, 2.45) is 10.9 Å². The molecule has 2 nitrogen and oxygen atoms in total. The number of carbonyl (C=O) groups excluding carboxylic acids is 1. The van der Waals surface area contributed by atoms with Crippen LogP contribution in [0.2, 0.25) is 0 Å². The Kier molecular flexibility index (Phi) is 6.56. The van der Waals surface area contributed by atoms with Crippen LogP contribution in [0.15, 0.2) is 66.2 Å². The summed E-state index contributed by atoms with van der Waals surface area (Å²) in [6, 6.07) is 10.0. The van der Waals surface area contributed by atoms with Crippen LogP contribution in [0, 0.1) is 5.92 Å². The van der Waals surface area contributed by atoms with E-state index < -0.39 is 0 Å². The number of rotatable bonds is 5. The first-order valence-electron chi connectivity index (χ1n) is 7.94. The van der Waals surface area contributed by atoms with Gasteiger partial charge in [0.1, 0.15) is 0 Å². The molecule has 0 heterocycles. The van der Waals surface area contributed by atoms with Gasteiger partial charge in [-0.15, -0.1) is 0 Å². The molecule has 0 radical (unpaired) electrons. The van der Waals surface area contributed by atoms with E-state index in [0.717, 1.165) is 31.2 Å². The first kappa shape index (κ1) is 16.2. The molecule has 1 saturated carbocycles. The molecule has 0 atom stereocenters. The molecule has 0 saturated heterocycles. The van der Waals surface area contributed by atoms with Crippen LogP contribution < -0.4 is 0 Å². The van der Waals surface area contributed by atoms with E-state index in [1.54, 1.807) is 6.08 Å². The molecule has 114 valence electrons. The van der Waals surface area contributed by atoms with Crippen LogP contribution in [0.4, 0.5) is 0 Å². The summed E-state index contributed by atoms with van der Waals surface area (Å²) in [7, 11) is 0. The largest absolute Gasteiger partial charge is 0.272 e. The van der Waals surface area contributed by atoms with Crippen molar-refractivity contribution in [3.8, 4) is 0 Å². The third kappa shape index (κ3) is 5.28. The van der Waals surface area contributed by atoms with Gasteiger partial charge < -0.3 is 0 Å². The molecule has 22 heavy (non-hydrogen) atoms. The molecule has 1 amide bonds. The number of carbonyl (C=O) groups is 1. The van der Waals surface area contributed by atoms with Crippen molar-refractivity contribution < 1.29 is 4.79 Å². The van der Waals surface area contributed by atoms with E-state index >= 15 is 0 Å². The van der Waals surface area contributed by atoms with Crippen LogP contribution in [0.3, 0.4) is 0 Å². The third-order valence-electron chi connectivity index (χ3n) is 3.84. The van der Waals surface area contributed by atoms with Crippen molar-refractivity contribution in [2.45, 2.75) is 32.1 Å². The smallest absolute Gasteiger partial charge is 0.249 e. The van der Waals surface area contributed by atoms with E-state index in [9.17, 15) is 4.79 Å². The predicted molar refractivity (Wildman–Crippen MR) is 93.8 cm³/mol. The van der Waals surface area contributed by atoms with Gasteiger partial charge >= 0.3 is 0 Å². The average Bonchev–Trinajstić information content (AvgIpc) is 2.59. The van der Waals surface area contributed by atoms with E-state index in [-0.39, 0.29) is 11.8 Å². The highest BCUT2D eigenvalue weighted by molar-refractivity contribution is 6.11. The van der Waals surface area contributed by atoms with Crippen molar-refractivity contribution in [3.63, 3.8) is 0 Å². The predicted octanol–water partition coefficient (Wildman–Crippen LogP) is 4.99. The number of hydrogen-bond donors (Lipinski definition) is 0. The first-order valence-corrected chi connectivity index (χ1v) is 7.94. The summed E-state index contributed by atoms with van der Waals surface area (Å²) in [5, 5.41) is 0. The standard InChI is InChI=1S/C20H23NO/c1-2-3-14-19(16-15-17-10-6-4-7-11-17)21-20(22)18-12-8-5-9-13-18/h2-4,6-7,10-11,14-16,18H,1,5,8-9,12-13H2/b14-3-,16-15+,21-19+. The van der Waals surface area contributed by atoms with Gasteiger partial charge in [-0.05, 0) is 30.6 Å². The number of allylic oxidation sites excluding steroid dienone is 4. The summed E-state index contributed by atoms with van der Waals surface area (Å²) >= 11 is 0. The van der Waals surface area contributed by atoms with Gasteiger partial charge in [-0.2, -0.15) is 0 Å². The molecule has 1 aromatic carbocycles. The van der Waals surface area contributed by atoms with Crippen LogP contribution in [0.5, 0.6) is 0 Å². The SMILES string of the molecule is C=C\C=C/C(/C=C/c1ccccc1)=N\C(=O)C1CCCCC1. The number of aliphatic imine (C=N–C) groups is 1. The summed E-state index contributed by atoms with van der Waals surface area (Å²) in [6.45, 7) is 3.67. The minimum atomic E-state index is 0.0149. The summed E-state index contributed by atoms with van der Waals surface area (Å²) in [4.78, 5) is 16.6. The normalized spacial score (nSPS) is 17.2. The number of hydrogen-bond acceptors (Lipinski definition) is 1. The highest BCUT2D eigenvalue weighted by Crippen LogP contribution is 2.24. The lowest BCUT2D eigenvalue weighted by molar-refractivity contribution is -0.122. The second-order valence-corrected chi connectivity index (χ2v) is 5.55. The zero-order chi connectivity index (χ0) is 15.6. The van der Waals surface area contributed by atoms with E-state index in [0.29, 0.717) is 5.71 Å². The third-order valence-corrected chi connectivity index (χ3v) is 3.84. The Hall–Kier alpha value is -2.22. The lowest BCUT2D eigenvalue weighted by Gasteiger charge is -2.18. The molecule has 0 unspecified atom stereocenters. The molecule has 0 bridgehead atoms. The molecule has 0 spiro atoms. The molecule has 1 aliphatic carbocycles. The quantitative estimate of drug-likeness (QED) is 0.555. The van der Waals surface area contributed by atoms with Gasteiger partial charge in [0, 0.05) is 5.92 Å². The monoisotopic (exact) mass is 293 g/mol. The molecule has 0 aliphatic heterocycles. The Morgan fingerprint density at radius 3 is 2.50 bits per heavy atom. The maximum absolute atomic E-state index is 12.3. The molecule has 0 aromatic heterocycles. The lowest BCUT2D eigenvalue weighted by Crippen LogP contribution is -2.16. The summed E-state index contributed by atoms with van der Waals surface area (Å²) in [5.74, 6) is 0.118. The molecular formula is C20H23NO. The van der Waals surface area contributed by atoms with E-state index in [1.807, 2.05) is 54.6 Å². The molecule has 1 aromatic rings. The Morgan fingerprint density at radius 1 is 1.09 bits per heavy atom. The topological polar surface area (TPSA) is 29.4 Å². The molecular weight excluding hydrogens is 270 g/mol. The van der Waals surface area contributed by atoms with Gasteiger partial charge in [0.05, 0.1) is 5.71 Å². The molecule has 1 aliphatic rings. The van der Waals surface area contributed by atoms with Gasteiger partial charge in [0.15, 0.2) is 0 Å². The average molecular weight is 293 g/mol. The zero-order valence-electron chi connectivity index (χ0n) is 12.9. The fourth-order valence-electron chi connectivity index (χ4n) is 2.61. The van der Waals surface area contributed by atoms with Crippen molar-refractivity contribution in [3.05, 3.63) is 66.8 Å². The fourth-order valence-corrected chi connectivity index (χ4v) is 2.61. The fraction of sp³-hybridized carbons (Fsp3) is 0.300. The number of nitrogens with zero attached hydrogens (tertiary/aromatic N) is 1. The van der Waals surface area contributed by atoms with Crippen molar-refractivity contribution in [1.82, 2.24) is 0 Å². The van der Waals surface area contributed by atoms with Crippen molar-refractivity contribution in [2.75, 3.05) is 0 Å². The Labute approximate surface area is 133 Å². The minimum Gasteiger partial charge on any atom is -0.272 e. The van der Waals surface area contributed by atoms with Crippen molar-refractivity contribution in [1.29, 1.82) is 0 Å². The van der Waals surface area contributed by atoms with Gasteiger partial charge in [-0.1, -0.05) is 74.4 Å². The van der Waals surface area contributed by atoms with Gasteiger partial charge in [-0.25, -0.2) is 4.99 Å². The Balaban J connectivity index is 2.12. The highest BCUT2D eigenvalue weighted by atomic mass is 16.1. The van der Waals surface area contributed by atoms with Crippen LogP contribution >= 0.6 is 0 Å². The zero-order valence-corrected chi connectivity index (χ0v) is 12.9. The van der Waals surface area contributed by atoms with Crippen LogP contribution in [0.1, 0.15) is 37.7 Å². The Bertz CT molecular complexity index is 575. The Morgan fingerprint density at radius 2 is 1.82 bits per heavy atom. The molecule has 2 rings (SSSR count). The maximum atomic E-state index is 12.3. The van der Waals surface area contributed by atoms with Gasteiger partial charge in [0.25, 0.3) is 0 Å². The molecule has 1 fully saturated rings. The number of amides is 1. The van der Waals surface area contributed by atoms with E-state index in [4.69, 9.17) is 0 Å². The second kappa shape index (κ2) is 8.93. The van der Waals surface area contributed by atoms with Crippen LogP contribution in [-0.2, 0) is 4.79 Å². The number of benzene rings is 1. The first-order chi connectivity index (χ1) is 10.8. The molecule has 2 heteroatoms. The molecule has 0 N–H and O–H groups in total. The van der Waals surface area contributed by atoms with Gasteiger partial charge in [-0.3, -0.25) is 4.79 Å². The summed E-state index contributed by atoms with van der Waals surface area (Å²) in [6.07, 6.45) is 14.7. The summed E-state index contributed by atoms with van der Waals surface area (Å²) < 4.78 is 0. The van der Waals surface area contributed by atoms with Gasteiger partial charge in [0.2, 0.25) is 5.91 Å². The second-order valence-electron chi connectivity index (χ2n) is 5.55. The minimum absolute atomic E-state index is 0.0149. The van der Waals surface area contributed by atoms with Crippen LogP contribution in [-0.4, -0.2) is 11.6 Å². The van der Waals surface area contributed by atoms with E-state index in [2.05, 4.69) is 11.6 Å². The van der Waals surface area contributed by atoms with Crippen molar-refractivity contribution >= 4 is 17.7 Å². The van der Waals surface area contributed by atoms with E-state index in [1.165, 1.54) is 6.42 Å². The highest BCUT2D eigenvalue weighted by Gasteiger charge is 2.20. The lowest BCUT2D eigenvalue weighted by atomic mass is 9.89. The maximum Gasteiger partial charge on any atom is 0.249 e. The van der Waals surface area contributed by atoms with Crippen LogP contribution in [0.25, 0.3) is 6.08 Å². The summed E-state index contributed by atoms with van der Waals surface area (Å²) in [5.41, 5.74) is 1.77.